The third kappa shape index (κ3) is 5.81. The van der Waals surface area contributed by atoms with Gasteiger partial charge in [-0.15, -0.1) is 11.3 Å². The number of nitrogens with one attached hydrogen (secondary N) is 1. The van der Waals surface area contributed by atoms with E-state index in [9.17, 15) is 4.79 Å². The Morgan fingerprint density at radius 2 is 2.20 bits per heavy atom. The van der Waals surface area contributed by atoms with E-state index >= 15 is 0 Å². The maximum atomic E-state index is 13.0. The van der Waals surface area contributed by atoms with Crippen molar-refractivity contribution in [3.8, 4) is 0 Å². The Morgan fingerprint density at radius 3 is 2.87 bits per heavy atom. The van der Waals surface area contributed by atoms with E-state index in [0.717, 1.165) is 45.6 Å². The predicted octanol–water partition coefficient (Wildman–Crippen LogP) is 5.21. The molecule has 8 heteroatoms. The molecule has 0 saturated carbocycles. The van der Waals surface area contributed by atoms with Crippen LogP contribution in [0, 0.1) is 6.92 Å². The molecule has 3 heterocycles. The van der Waals surface area contributed by atoms with Gasteiger partial charge in [0.05, 0.1) is 6.10 Å². The molecule has 1 aromatic carbocycles. The van der Waals surface area contributed by atoms with Gasteiger partial charge in [-0.1, -0.05) is 17.8 Å². The zero-order valence-electron chi connectivity index (χ0n) is 16.8. The van der Waals surface area contributed by atoms with E-state index in [1.54, 1.807) is 40.4 Å². The van der Waals surface area contributed by atoms with Crippen LogP contribution in [0.1, 0.15) is 24.1 Å². The smallest absolute Gasteiger partial charge is 0.322 e. The molecular weight excluding hydrogens is 416 g/mol. The summed E-state index contributed by atoms with van der Waals surface area (Å²) >= 11 is 3.26. The first-order chi connectivity index (χ1) is 14.7. The number of hydrogen-bond acceptors (Lipinski definition) is 6. The fraction of sp³-hybridized carbons (Fsp3) is 0.318. The van der Waals surface area contributed by atoms with Crippen LogP contribution >= 0.6 is 23.1 Å². The predicted molar refractivity (Wildman–Crippen MR) is 120 cm³/mol. The van der Waals surface area contributed by atoms with Crippen molar-refractivity contribution in [1.29, 1.82) is 0 Å². The van der Waals surface area contributed by atoms with Gasteiger partial charge in [0.25, 0.3) is 0 Å². The van der Waals surface area contributed by atoms with Crippen molar-refractivity contribution in [2.45, 2.75) is 41.6 Å². The molecule has 1 unspecified atom stereocenters. The number of pyridine rings is 1. The molecule has 0 radical (unpaired) electrons. The summed E-state index contributed by atoms with van der Waals surface area (Å²) in [7, 11) is 0. The first kappa shape index (κ1) is 20.8. The number of aromatic nitrogens is 2. The Bertz CT molecular complexity index is 957. The molecule has 30 heavy (non-hydrogen) atoms. The molecule has 1 N–H and O–H groups in total. The Labute approximate surface area is 184 Å². The largest absolute Gasteiger partial charge is 0.376 e. The molecule has 0 aliphatic carbocycles. The minimum Gasteiger partial charge on any atom is -0.376 e. The maximum absolute atomic E-state index is 13.0. The average molecular weight is 441 g/mol. The normalized spacial score (nSPS) is 15.8. The number of anilines is 1. The number of amides is 2. The molecule has 3 aromatic rings. The molecule has 1 aliphatic rings. The van der Waals surface area contributed by atoms with Crippen molar-refractivity contribution in [2.24, 2.45) is 0 Å². The number of rotatable bonds is 7. The van der Waals surface area contributed by atoms with E-state index in [1.807, 2.05) is 48.7 Å². The second kappa shape index (κ2) is 10.1. The summed E-state index contributed by atoms with van der Waals surface area (Å²) in [6.07, 6.45) is 5.65. The Kier molecular flexibility index (Phi) is 6.99. The van der Waals surface area contributed by atoms with Crippen LogP contribution in [-0.4, -0.2) is 40.2 Å². The van der Waals surface area contributed by atoms with Gasteiger partial charge >= 0.3 is 6.03 Å². The molecule has 1 atom stereocenters. The van der Waals surface area contributed by atoms with E-state index in [4.69, 9.17) is 4.74 Å². The molecule has 6 nitrogen and oxygen atoms in total. The summed E-state index contributed by atoms with van der Waals surface area (Å²) < 4.78 is 6.77. The number of carbonyl (C=O) groups excluding carboxylic acids is 1. The molecule has 2 amide bonds. The van der Waals surface area contributed by atoms with Gasteiger partial charge in [-0.2, -0.15) is 0 Å². The van der Waals surface area contributed by atoms with E-state index in [1.165, 1.54) is 0 Å². The van der Waals surface area contributed by atoms with Crippen molar-refractivity contribution in [1.82, 2.24) is 14.9 Å². The number of nitrogens with zero attached hydrogens (tertiary/aromatic N) is 3. The highest BCUT2D eigenvalue weighted by Gasteiger charge is 2.23. The molecule has 1 fully saturated rings. The summed E-state index contributed by atoms with van der Waals surface area (Å²) in [5.74, 6) is 0. The third-order valence-corrected chi connectivity index (χ3v) is 6.80. The summed E-state index contributed by atoms with van der Waals surface area (Å²) in [6.45, 7) is 3.83. The molecule has 1 aliphatic heterocycles. The summed E-state index contributed by atoms with van der Waals surface area (Å²) in [5, 5.41) is 5.06. The van der Waals surface area contributed by atoms with Gasteiger partial charge in [-0.05, 0) is 55.7 Å². The average Bonchev–Trinajstić information content (AvgIpc) is 3.41. The standard InChI is InChI=1S/C22H24N4O2S2/c1-16-15-29-22(24-16)30-20-8-6-18(7-9-20)25-21(27)26(14-19-5-3-11-28-19)13-17-4-2-10-23-12-17/h2,4,6-10,12,15,19H,3,5,11,13-14H2,1H3,(H,25,27). The Morgan fingerprint density at radius 1 is 1.33 bits per heavy atom. The lowest BCUT2D eigenvalue weighted by Gasteiger charge is -2.26. The quantitative estimate of drug-likeness (QED) is 0.546. The van der Waals surface area contributed by atoms with Crippen molar-refractivity contribution in [2.75, 3.05) is 18.5 Å². The number of benzene rings is 1. The van der Waals surface area contributed by atoms with E-state index < -0.39 is 0 Å². The second-order valence-electron chi connectivity index (χ2n) is 7.19. The molecule has 2 aromatic heterocycles. The van der Waals surface area contributed by atoms with Crippen LogP contribution in [0.2, 0.25) is 0 Å². The molecule has 0 spiro atoms. The lowest BCUT2D eigenvalue weighted by atomic mass is 10.2. The fourth-order valence-electron chi connectivity index (χ4n) is 3.25. The van der Waals surface area contributed by atoms with Gasteiger partial charge < -0.3 is 15.0 Å². The molecule has 4 rings (SSSR count). The summed E-state index contributed by atoms with van der Waals surface area (Å²) in [6, 6.07) is 11.6. The lowest BCUT2D eigenvalue weighted by Crippen LogP contribution is -2.39. The minimum atomic E-state index is -0.134. The first-order valence-electron chi connectivity index (χ1n) is 9.92. The fourth-order valence-corrected chi connectivity index (χ4v) is 5.06. The van der Waals surface area contributed by atoms with Gasteiger partial charge in [0.1, 0.15) is 0 Å². The van der Waals surface area contributed by atoms with Crippen molar-refractivity contribution < 1.29 is 9.53 Å². The molecule has 156 valence electrons. The third-order valence-electron chi connectivity index (χ3n) is 4.74. The minimum absolute atomic E-state index is 0.0907. The highest BCUT2D eigenvalue weighted by molar-refractivity contribution is 8.01. The lowest BCUT2D eigenvalue weighted by molar-refractivity contribution is 0.0819. The van der Waals surface area contributed by atoms with Crippen LogP contribution in [0.25, 0.3) is 0 Å². The monoisotopic (exact) mass is 440 g/mol. The SMILES string of the molecule is Cc1csc(Sc2ccc(NC(=O)N(Cc3cccnc3)CC3CCCO3)cc2)n1. The first-order valence-corrected chi connectivity index (χ1v) is 11.6. The maximum Gasteiger partial charge on any atom is 0.322 e. The van der Waals surface area contributed by atoms with Gasteiger partial charge in [0.15, 0.2) is 4.34 Å². The van der Waals surface area contributed by atoms with Gasteiger partial charge in [0.2, 0.25) is 0 Å². The summed E-state index contributed by atoms with van der Waals surface area (Å²) in [4.78, 5) is 24.5. The van der Waals surface area contributed by atoms with Gasteiger partial charge in [-0.25, -0.2) is 9.78 Å². The molecule has 0 bridgehead atoms. The number of carbonyl (C=O) groups is 1. The van der Waals surface area contributed by atoms with Crippen molar-refractivity contribution in [3.63, 3.8) is 0 Å². The highest BCUT2D eigenvalue weighted by Crippen LogP contribution is 2.31. The number of ether oxygens (including phenoxy) is 1. The Balaban J connectivity index is 1.40. The number of thiazole rings is 1. The highest BCUT2D eigenvalue weighted by atomic mass is 32.2. The topological polar surface area (TPSA) is 67.4 Å². The van der Waals surface area contributed by atoms with E-state index in [2.05, 4.69) is 15.3 Å². The van der Waals surface area contributed by atoms with E-state index in [-0.39, 0.29) is 12.1 Å². The summed E-state index contributed by atoms with van der Waals surface area (Å²) in [5.41, 5.74) is 2.80. The van der Waals surface area contributed by atoms with Gasteiger partial charge in [-0.3, -0.25) is 4.98 Å². The van der Waals surface area contributed by atoms with E-state index in [0.29, 0.717) is 13.1 Å². The Hall–Kier alpha value is -2.42. The van der Waals surface area contributed by atoms with Crippen LogP contribution in [0.3, 0.4) is 0 Å². The van der Waals surface area contributed by atoms with Crippen molar-refractivity contribution >= 4 is 34.8 Å². The number of aryl methyl sites for hydroxylation is 1. The van der Waals surface area contributed by atoms with Crippen LogP contribution in [0.5, 0.6) is 0 Å². The van der Waals surface area contributed by atoms with Crippen LogP contribution in [0.15, 0.2) is 63.4 Å². The van der Waals surface area contributed by atoms with Crippen LogP contribution < -0.4 is 5.32 Å². The zero-order chi connectivity index (χ0) is 20.8. The molecule has 1 saturated heterocycles. The molecular formula is C22H24N4O2S2. The number of urea groups is 1. The van der Waals surface area contributed by atoms with Crippen LogP contribution in [-0.2, 0) is 11.3 Å². The second-order valence-corrected chi connectivity index (χ2v) is 9.37. The van der Waals surface area contributed by atoms with Crippen LogP contribution in [0.4, 0.5) is 10.5 Å². The zero-order valence-corrected chi connectivity index (χ0v) is 18.4. The number of hydrogen-bond donors (Lipinski definition) is 1. The van der Waals surface area contributed by atoms with Gasteiger partial charge in [0, 0.05) is 53.7 Å². The van der Waals surface area contributed by atoms with Crippen molar-refractivity contribution in [3.05, 3.63) is 65.4 Å².